The third-order valence-electron chi connectivity index (χ3n) is 3.73. The van der Waals surface area contributed by atoms with Crippen LogP contribution in [0.25, 0.3) is 0 Å². The first-order chi connectivity index (χ1) is 12.4. The fraction of sp³-hybridized carbons (Fsp3) is 0.368. The summed E-state index contributed by atoms with van der Waals surface area (Å²) in [6.45, 7) is 8.16. The van der Waals surface area contributed by atoms with Crippen LogP contribution in [0, 0.1) is 24.2 Å². The average molecular weight is 354 g/mol. The normalized spacial score (nSPS) is 11.1. The van der Waals surface area contributed by atoms with Crippen molar-refractivity contribution < 1.29 is 9.84 Å². The van der Waals surface area contributed by atoms with Crippen molar-refractivity contribution in [2.24, 2.45) is 16.1 Å². The number of aromatic hydroxyl groups is 1. The molecule has 0 atom stereocenters. The molecule has 26 heavy (non-hydrogen) atoms. The highest BCUT2D eigenvalue weighted by molar-refractivity contribution is 5.56. The zero-order chi connectivity index (χ0) is 19.3. The van der Waals surface area contributed by atoms with Crippen LogP contribution >= 0.6 is 0 Å². The van der Waals surface area contributed by atoms with Crippen molar-refractivity contribution in [1.82, 2.24) is 4.57 Å². The molecule has 7 heteroatoms. The summed E-state index contributed by atoms with van der Waals surface area (Å²) in [5.74, 6) is 0.505. The Bertz CT molecular complexity index is 906. The Morgan fingerprint density at radius 1 is 1.27 bits per heavy atom. The van der Waals surface area contributed by atoms with Crippen molar-refractivity contribution >= 4 is 11.4 Å². The first-order valence-corrected chi connectivity index (χ1v) is 8.40. The Labute approximate surface area is 152 Å². The molecule has 0 saturated carbocycles. The highest BCUT2D eigenvalue weighted by Gasteiger charge is 2.19. The Morgan fingerprint density at radius 2 is 1.92 bits per heavy atom. The lowest BCUT2D eigenvalue weighted by Gasteiger charge is -2.14. The van der Waals surface area contributed by atoms with E-state index in [1.165, 1.54) is 4.57 Å². The largest absolute Gasteiger partial charge is 0.494 e. The van der Waals surface area contributed by atoms with Gasteiger partial charge in [0, 0.05) is 12.1 Å². The minimum atomic E-state index is -0.470. The van der Waals surface area contributed by atoms with Crippen LogP contribution in [0.15, 0.2) is 39.3 Å². The van der Waals surface area contributed by atoms with Crippen molar-refractivity contribution in [2.45, 2.75) is 34.2 Å². The standard InChI is InChI=1S/C19H22N4O3/c1-5-26-15-8-6-14(7-9-15)21-22-17-13(4)16(10-20)18(24)23(19(17)25)11-12(2)3/h6-9,12,24H,5,11H2,1-4H3. The maximum absolute atomic E-state index is 12.7. The molecule has 0 bridgehead atoms. The van der Waals surface area contributed by atoms with Gasteiger partial charge in [-0.3, -0.25) is 9.36 Å². The lowest BCUT2D eigenvalue weighted by atomic mass is 10.1. The molecule has 0 unspecified atom stereocenters. The molecule has 0 aliphatic carbocycles. The molecule has 2 rings (SSSR count). The smallest absolute Gasteiger partial charge is 0.281 e. The summed E-state index contributed by atoms with van der Waals surface area (Å²) in [6, 6.07) is 8.91. The van der Waals surface area contributed by atoms with Crippen LogP contribution in [0.1, 0.15) is 31.9 Å². The van der Waals surface area contributed by atoms with E-state index in [9.17, 15) is 15.2 Å². The van der Waals surface area contributed by atoms with Crippen LogP contribution in [-0.2, 0) is 6.54 Å². The van der Waals surface area contributed by atoms with E-state index in [0.717, 1.165) is 5.75 Å². The van der Waals surface area contributed by atoms with E-state index in [1.807, 2.05) is 26.8 Å². The van der Waals surface area contributed by atoms with Gasteiger partial charge in [0.2, 0.25) is 5.88 Å². The van der Waals surface area contributed by atoms with Crippen molar-refractivity contribution in [3.63, 3.8) is 0 Å². The zero-order valence-electron chi connectivity index (χ0n) is 15.4. The summed E-state index contributed by atoms with van der Waals surface area (Å²) in [5, 5.41) is 27.7. The lowest BCUT2D eigenvalue weighted by molar-refractivity contribution is 0.340. The van der Waals surface area contributed by atoms with Gasteiger partial charge in [-0.25, -0.2) is 0 Å². The molecule has 0 spiro atoms. The number of pyridine rings is 1. The molecule has 136 valence electrons. The van der Waals surface area contributed by atoms with Crippen LogP contribution in [-0.4, -0.2) is 16.3 Å². The van der Waals surface area contributed by atoms with Gasteiger partial charge in [0.25, 0.3) is 5.56 Å². The molecule has 1 heterocycles. The minimum absolute atomic E-state index is 0.0332. The predicted molar refractivity (Wildman–Crippen MR) is 98.4 cm³/mol. The summed E-state index contributed by atoms with van der Waals surface area (Å²) < 4.78 is 6.54. The second kappa shape index (κ2) is 8.30. The molecule has 1 aromatic carbocycles. The van der Waals surface area contributed by atoms with Crippen molar-refractivity contribution in [3.8, 4) is 17.7 Å². The van der Waals surface area contributed by atoms with Gasteiger partial charge in [-0.2, -0.15) is 10.4 Å². The van der Waals surface area contributed by atoms with E-state index in [0.29, 0.717) is 17.9 Å². The SMILES string of the molecule is CCOc1ccc(N=Nc2c(C)c(C#N)c(O)n(CC(C)C)c2=O)cc1. The van der Waals surface area contributed by atoms with Gasteiger partial charge in [-0.1, -0.05) is 13.8 Å². The quantitative estimate of drug-likeness (QED) is 0.785. The van der Waals surface area contributed by atoms with Crippen molar-refractivity contribution in [3.05, 3.63) is 45.7 Å². The monoisotopic (exact) mass is 354 g/mol. The number of rotatable bonds is 6. The predicted octanol–water partition coefficient (Wildman–Crippen LogP) is 4.20. The van der Waals surface area contributed by atoms with Crippen LogP contribution < -0.4 is 10.3 Å². The Morgan fingerprint density at radius 3 is 2.46 bits per heavy atom. The summed E-state index contributed by atoms with van der Waals surface area (Å²) in [6.07, 6.45) is 0. The van der Waals surface area contributed by atoms with Gasteiger partial charge in [0.15, 0.2) is 5.69 Å². The first-order valence-electron chi connectivity index (χ1n) is 8.40. The van der Waals surface area contributed by atoms with Crippen molar-refractivity contribution in [1.29, 1.82) is 5.26 Å². The summed E-state index contributed by atoms with van der Waals surface area (Å²) in [7, 11) is 0. The number of benzene rings is 1. The van der Waals surface area contributed by atoms with E-state index < -0.39 is 5.56 Å². The van der Waals surface area contributed by atoms with Gasteiger partial charge < -0.3 is 9.84 Å². The lowest BCUT2D eigenvalue weighted by Crippen LogP contribution is -2.24. The Balaban J connectivity index is 2.48. The zero-order valence-corrected chi connectivity index (χ0v) is 15.4. The van der Waals surface area contributed by atoms with E-state index in [2.05, 4.69) is 10.2 Å². The number of ether oxygens (including phenoxy) is 1. The molecule has 0 aliphatic heterocycles. The van der Waals surface area contributed by atoms with Gasteiger partial charge in [-0.05, 0) is 44.0 Å². The van der Waals surface area contributed by atoms with E-state index in [1.54, 1.807) is 31.2 Å². The maximum Gasteiger partial charge on any atom is 0.281 e. The van der Waals surface area contributed by atoms with Crippen LogP contribution in [0.5, 0.6) is 11.6 Å². The molecular weight excluding hydrogens is 332 g/mol. The molecule has 7 nitrogen and oxygen atoms in total. The van der Waals surface area contributed by atoms with Gasteiger partial charge in [0.1, 0.15) is 17.4 Å². The molecule has 0 amide bonds. The number of aromatic nitrogens is 1. The van der Waals surface area contributed by atoms with Gasteiger partial charge in [-0.15, -0.1) is 5.11 Å². The number of hydrogen-bond acceptors (Lipinski definition) is 6. The average Bonchev–Trinajstić information content (AvgIpc) is 2.60. The fourth-order valence-corrected chi connectivity index (χ4v) is 2.48. The molecule has 1 N–H and O–H groups in total. The third kappa shape index (κ3) is 4.09. The summed E-state index contributed by atoms with van der Waals surface area (Å²) >= 11 is 0. The number of nitriles is 1. The maximum atomic E-state index is 12.7. The number of hydrogen-bond donors (Lipinski definition) is 1. The first kappa shape index (κ1) is 19.2. The minimum Gasteiger partial charge on any atom is -0.494 e. The molecule has 0 radical (unpaired) electrons. The summed E-state index contributed by atoms with van der Waals surface area (Å²) in [4.78, 5) is 12.7. The van der Waals surface area contributed by atoms with Crippen LogP contribution in [0.4, 0.5) is 11.4 Å². The second-order valence-corrected chi connectivity index (χ2v) is 6.22. The number of nitrogens with zero attached hydrogens (tertiary/aromatic N) is 4. The third-order valence-corrected chi connectivity index (χ3v) is 3.73. The Kier molecular flexibility index (Phi) is 6.12. The topological polar surface area (TPSA) is 100.0 Å². The molecule has 0 saturated heterocycles. The molecular formula is C19H22N4O3. The molecule has 0 fully saturated rings. The highest BCUT2D eigenvalue weighted by atomic mass is 16.5. The van der Waals surface area contributed by atoms with E-state index in [-0.39, 0.29) is 29.6 Å². The number of azo groups is 1. The summed E-state index contributed by atoms with van der Waals surface area (Å²) in [5.41, 5.74) is 0.473. The van der Waals surface area contributed by atoms with E-state index in [4.69, 9.17) is 4.74 Å². The van der Waals surface area contributed by atoms with Gasteiger partial charge >= 0.3 is 0 Å². The highest BCUT2D eigenvalue weighted by Crippen LogP contribution is 2.27. The molecule has 2 aromatic rings. The van der Waals surface area contributed by atoms with Gasteiger partial charge in [0.05, 0.1) is 12.3 Å². The molecule has 1 aromatic heterocycles. The van der Waals surface area contributed by atoms with Crippen molar-refractivity contribution in [2.75, 3.05) is 6.61 Å². The molecule has 0 aliphatic rings. The second-order valence-electron chi connectivity index (χ2n) is 6.22. The fourth-order valence-electron chi connectivity index (χ4n) is 2.48. The Hall–Kier alpha value is -3.14. The van der Waals surface area contributed by atoms with Crippen LogP contribution in [0.3, 0.4) is 0 Å². The van der Waals surface area contributed by atoms with Crippen LogP contribution in [0.2, 0.25) is 0 Å². The van der Waals surface area contributed by atoms with E-state index >= 15 is 0 Å².